The Morgan fingerprint density at radius 3 is 1.53 bits per heavy atom. The molecule has 0 saturated heterocycles. The number of halogens is 10. The number of fused-ring (bicyclic) bond motifs is 5. The van der Waals surface area contributed by atoms with Gasteiger partial charge in [0.15, 0.2) is 0 Å². The maximum atomic E-state index is 13.4. The second kappa shape index (κ2) is 28.9. The molecule has 9 aromatic rings. The summed E-state index contributed by atoms with van der Waals surface area (Å²) in [6.07, 6.45) is 2.44. The summed E-state index contributed by atoms with van der Waals surface area (Å²) in [4.78, 5) is 45.7. The molecule has 6 N–H and O–H groups in total. The number of amides is 1. The van der Waals surface area contributed by atoms with E-state index in [1.807, 2.05) is 59.8 Å². The molecule has 1 amide bonds. The van der Waals surface area contributed by atoms with Crippen molar-refractivity contribution in [3.63, 3.8) is 0 Å². The lowest BCUT2D eigenvalue weighted by Gasteiger charge is -2.38. The van der Waals surface area contributed by atoms with Gasteiger partial charge in [-0.15, -0.1) is 0 Å². The fourth-order valence-electron chi connectivity index (χ4n) is 11.1. The summed E-state index contributed by atoms with van der Waals surface area (Å²) in [5, 5.41) is 6.76. The van der Waals surface area contributed by atoms with Crippen LogP contribution < -0.4 is 11.1 Å². The summed E-state index contributed by atoms with van der Waals surface area (Å²) >= 11 is 5.25. The van der Waals surface area contributed by atoms with E-state index in [-0.39, 0.29) is 28.5 Å². The van der Waals surface area contributed by atoms with E-state index in [2.05, 4.69) is 50.6 Å². The number of benzene rings is 6. The normalized spacial score (nSPS) is 15.4. The van der Waals surface area contributed by atoms with Crippen LogP contribution in [0.2, 0.25) is 0 Å². The quantitative estimate of drug-likeness (QED) is 0.0380. The Morgan fingerprint density at radius 1 is 0.588 bits per heavy atom. The van der Waals surface area contributed by atoms with Crippen LogP contribution in [-0.2, 0) is 53.9 Å². The molecule has 1 unspecified atom stereocenters. The van der Waals surface area contributed by atoms with Crippen LogP contribution in [0.4, 0.5) is 39.5 Å². The molecule has 2 aliphatic carbocycles. The first-order valence-electron chi connectivity index (χ1n) is 28.3. The Kier molecular flexibility index (Phi) is 21.6. The van der Waals surface area contributed by atoms with Gasteiger partial charge in [0, 0.05) is 81.3 Å². The molecule has 2 saturated carbocycles. The largest absolute Gasteiger partial charge is 0.416 e. The standard InChI is InChI=1S/C24H23F3N2O.C18H17F3N2.C10H12N2.C8H5F3O.C6H9ClO/c25-24(26,27)17-11-9-15(10-12-17)22-21-19(18-7-3-4-8-20(18)28-21)13-14-29(22)23(30)16-5-1-2-6-16;19-18(20,21)15-7-5-13(6-8-15)11-22-10-9-14-12-23-17-4-2-1-3-16(14)17;11-6-5-8-7-12-10-4-2-1-3-9(8)10;9-8(10,11)7-3-1-6(5-12)2-4-7;7-6(8)5-3-1-2-4-5/h3-4,7-12,16,22,28H,1-2,5-6,13-14H2;1-8,12,22-23H,9-11H2;1-4,7,12H,5-6,11H2;1-5H;5H,1-4H2. The Labute approximate surface area is 491 Å². The van der Waals surface area contributed by atoms with E-state index in [9.17, 15) is 53.9 Å². The molecular formula is C66H66ClF9N6O3. The monoisotopic (exact) mass is 1200 g/mol. The first kappa shape index (κ1) is 63.4. The molecular weight excluding hydrogens is 1130 g/mol. The number of aldehydes is 1. The average molecular weight is 1200 g/mol. The smallest absolute Gasteiger partial charge is 0.361 e. The van der Waals surface area contributed by atoms with Gasteiger partial charge in [-0.3, -0.25) is 14.4 Å². The zero-order valence-electron chi connectivity index (χ0n) is 46.5. The fraction of sp³-hybridized carbons (Fsp3) is 0.318. The number of hydrogen-bond donors (Lipinski definition) is 5. The van der Waals surface area contributed by atoms with Crippen LogP contribution in [-0.4, -0.2) is 56.9 Å². The highest BCUT2D eigenvalue weighted by Gasteiger charge is 2.39. The second-order valence-corrected chi connectivity index (χ2v) is 21.6. The molecule has 0 bridgehead atoms. The van der Waals surface area contributed by atoms with Crippen LogP contribution in [0, 0.1) is 11.8 Å². The van der Waals surface area contributed by atoms with Gasteiger partial charge in [-0.05, 0) is 152 Å². The summed E-state index contributed by atoms with van der Waals surface area (Å²) in [7, 11) is 0. The lowest BCUT2D eigenvalue weighted by Crippen LogP contribution is -2.43. The summed E-state index contributed by atoms with van der Waals surface area (Å²) in [6.45, 7) is 2.61. The third-order valence-corrected chi connectivity index (χ3v) is 15.9. The minimum Gasteiger partial charge on any atom is -0.361 e. The maximum Gasteiger partial charge on any atom is 0.416 e. The number of alkyl halides is 9. The SMILES string of the molecule is FC(F)(F)c1ccc(CNCCc2c[nH]c3ccccc23)cc1.NCCc1c[nH]c2ccccc12.O=C(C1CCCC1)N1CCc2c([nH]c3ccccc23)C1c1ccc(C(F)(F)F)cc1.O=C(Cl)C1CCCC1.O=Cc1ccc(C(F)(F)F)cc1. The number of H-pyrrole nitrogens is 3. The number of hydrogen-bond acceptors (Lipinski definition) is 5. The lowest BCUT2D eigenvalue weighted by molar-refractivity contribution is -0.138. The Bertz CT molecular complexity index is 3600. The number of aromatic nitrogens is 3. The molecule has 3 aliphatic rings. The van der Waals surface area contributed by atoms with Crippen molar-refractivity contribution in [3.8, 4) is 0 Å². The number of rotatable bonds is 11. The molecule has 0 spiro atoms. The summed E-state index contributed by atoms with van der Waals surface area (Å²) < 4.78 is 113. The minimum atomic E-state index is -4.38. The van der Waals surface area contributed by atoms with Crippen molar-refractivity contribution in [3.05, 3.63) is 214 Å². The van der Waals surface area contributed by atoms with E-state index >= 15 is 0 Å². The Hall–Kier alpha value is -7.67. The van der Waals surface area contributed by atoms with Crippen LogP contribution in [0.3, 0.4) is 0 Å². The fourth-order valence-corrected chi connectivity index (χ4v) is 11.3. The van der Waals surface area contributed by atoms with E-state index in [1.165, 1.54) is 64.5 Å². The van der Waals surface area contributed by atoms with Crippen molar-refractivity contribution in [2.75, 3.05) is 19.6 Å². The predicted octanol–water partition coefficient (Wildman–Crippen LogP) is 16.5. The molecule has 1 atom stereocenters. The average Bonchev–Trinajstić information content (AvgIpc) is 2.02. The van der Waals surface area contributed by atoms with Gasteiger partial charge < -0.3 is 30.9 Å². The number of carbonyl (C=O) groups is 3. The molecule has 1 aliphatic heterocycles. The first-order chi connectivity index (χ1) is 40.7. The van der Waals surface area contributed by atoms with Crippen LogP contribution >= 0.6 is 11.6 Å². The van der Waals surface area contributed by atoms with Crippen LogP contribution in [0.15, 0.2) is 158 Å². The first-order valence-corrected chi connectivity index (χ1v) is 28.7. The van der Waals surface area contributed by atoms with E-state index in [0.29, 0.717) is 31.5 Å². The van der Waals surface area contributed by atoms with Gasteiger partial charge in [-0.25, -0.2) is 0 Å². The highest BCUT2D eigenvalue weighted by atomic mass is 35.5. The van der Waals surface area contributed by atoms with Gasteiger partial charge in [0.1, 0.15) is 6.29 Å². The maximum absolute atomic E-state index is 13.4. The van der Waals surface area contributed by atoms with Gasteiger partial charge in [0.2, 0.25) is 11.1 Å². The van der Waals surface area contributed by atoms with Crippen LogP contribution in [0.5, 0.6) is 0 Å². The van der Waals surface area contributed by atoms with E-state index in [1.54, 1.807) is 0 Å². The van der Waals surface area contributed by atoms with E-state index < -0.39 is 41.3 Å². The number of aromatic amines is 3. The molecule has 448 valence electrons. The van der Waals surface area contributed by atoms with Crippen molar-refractivity contribution in [1.82, 2.24) is 25.2 Å². The van der Waals surface area contributed by atoms with Crippen LogP contribution in [0.1, 0.15) is 118 Å². The summed E-state index contributed by atoms with van der Waals surface area (Å²) in [5.74, 6) is 0.339. The molecule has 4 heterocycles. The topological polar surface area (TPSA) is 140 Å². The van der Waals surface area contributed by atoms with Gasteiger partial charge in [0.05, 0.1) is 22.7 Å². The highest BCUT2D eigenvalue weighted by Crippen LogP contribution is 2.42. The summed E-state index contributed by atoms with van der Waals surface area (Å²) in [6, 6.07) is 38.6. The van der Waals surface area contributed by atoms with Gasteiger partial charge >= 0.3 is 18.5 Å². The molecule has 0 radical (unpaired) electrons. The third-order valence-electron chi connectivity index (χ3n) is 15.6. The molecule has 2 fully saturated rings. The van der Waals surface area contributed by atoms with Gasteiger partial charge in [-0.2, -0.15) is 39.5 Å². The van der Waals surface area contributed by atoms with Crippen molar-refractivity contribution in [1.29, 1.82) is 0 Å². The molecule has 12 rings (SSSR count). The lowest BCUT2D eigenvalue weighted by atomic mass is 9.90. The van der Waals surface area contributed by atoms with Crippen LogP contribution in [0.25, 0.3) is 32.7 Å². The third kappa shape index (κ3) is 16.8. The van der Waals surface area contributed by atoms with Crippen molar-refractivity contribution >= 4 is 61.7 Å². The zero-order chi connectivity index (χ0) is 60.7. The number of carbonyl (C=O) groups excluding carboxylic acids is 3. The van der Waals surface area contributed by atoms with E-state index in [4.69, 9.17) is 17.3 Å². The van der Waals surface area contributed by atoms with Crippen molar-refractivity contribution < 1.29 is 53.9 Å². The number of nitrogens with zero attached hydrogens (tertiary/aromatic N) is 1. The van der Waals surface area contributed by atoms with E-state index in [0.717, 1.165) is 146 Å². The number of nitrogens with one attached hydrogen (secondary N) is 4. The second-order valence-electron chi connectivity index (χ2n) is 21.3. The Morgan fingerprint density at radius 2 is 1.05 bits per heavy atom. The molecule has 19 heteroatoms. The van der Waals surface area contributed by atoms with Crippen molar-refractivity contribution in [2.45, 2.75) is 102 Å². The van der Waals surface area contributed by atoms with Gasteiger partial charge in [0.25, 0.3) is 0 Å². The number of para-hydroxylation sites is 3. The number of nitrogens with two attached hydrogens (primary N) is 1. The highest BCUT2D eigenvalue weighted by molar-refractivity contribution is 6.64. The molecule has 3 aromatic heterocycles. The van der Waals surface area contributed by atoms with Gasteiger partial charge in [-0.1, -0.05) is 117 Å². The molecule has 9 nitrogen and oxygen atoms in total. The van der Waals surface area contributed by atoms with Crippen molar-refractivity contribution in [2.24, 2.45) is 17.6 Å². The molecule has 85 heavy (non-hydrogen) atoms. The summed E-state index contributed by atoms with van der Waals surface area (Å²) in [5.41, 5.74) is 13.2. The molecule has 6 aromatic carbocycles. The minimum absolute atomic E-state index is 0.0212. The zero-order valence-corrected chi connectivity index (χ0v) is 47.2. The Balaban J connectivity index is 0.000000150. The predicted molar refractivity (Wildman–Crippen MR) is 315 cm³/mol.